The van der Waals surface area contributed by atoms with E-state index in [9.17, 15) is 24.3 Å². The first-order chi connectivity index (χ1) is 17.7. The first-order valence-corrected chi connectivity index (χ1v) is 13.6. The minimum atomic E-state index is -0.990. The molecule has 2 aliphatic rings. The molecule has 2 unspecified atom stereocenters. The number of aryl methyl sites for hydroxylation is 1. The van der Waals surface area contributed by atoms with Gasteiger partial charge in [0, 0.05) is 35.6 Å². The molecule has 9 heteroatoms. The average molecular weight is 522 g/mol. The lowest BCUT2D eigenvalue weighted by Gasteiger charge is -2.33. The van der Waals surface area contributed by atoms with Gasteiger partial charge < -0.3 is 20.3 Å². The number of carboxylic acids is 1. The van der Waals surface area contributed by atoms with Crippen LogP contribution in [0.15, 0.2) is 41.9 Å². The molecule has 8 nitrogen and oxygen atoms in total. The zero-order valence-electron chi connectivity index (χ0n) is 20.9. The molecule has 2 amide bonds. The summed E-state index contributed by atoms with van der Waals surface area (Å²) in [5.41, 5.74) is 2.78. The molecule has 0 saturated carbocycles. The first-order valence-electron chi connectivity index (χ1n) is 12.7. The van der Waals surface area contributed by atoms with Gasteiger partial charge in [-0.05, 0) is 52.8 Å². The Bertz CT molecular complexity index is 1370. The molecular weight excluding hydrogens is 490 g/mol. The van der Waals surface area contributed by atoms with E-state index in [1.807, 2.05) is 60.3 Å². The van der Waals surface area contributed by atoms with Crippen molar-refractivity contribution in [3.63, 3.8) is 0 Å². The largest absolute Gasteiger partial charge is 0.481 e. The summed E-state index contributed by atoms with van der Waals surface area (Å²) in [7, 11) is 0. The number of Topliss-reactive ketones (excluding diaryl/α,β-unsaturated/α-hetero) is 1. The van der Waals surface area contributed by atoms with Gasteiger partial charge in [0.05, 0.1) is 18.3 Å². The van der Waals surface area contributed by atoms with Crippen molar-refractivity contribution in [1.82, 2.24) is 15.2 Å². The number of nitrogens with one attached hydrogen (secondary N) is 2. The predicted molar refractivity (Wildman–Crippen MR) is 140 cm³/mol. The van der Waals surface area contributed by atoms with Crippen molar-refractivity contribution in [2.24, 2.45) is 11.8 Å². The van der Waals surface area contributed by atoms with E-state index in [1.165, 1.54) is 0 Å². The normalized spacial score (nSPS) is 21.8. The van der Waals surface area contributed by atoms with Crippen molar-refractivity contribution in [1.29, 1.82) is 0 Å². The molecule has 0 radical (unpaired) electrons. The molecule has 0 spiro atoms. The second-order valence-corrected chi connectivity index (χ2v) is 11.3. The number of benzene rings is 1. The fourth-order valence-corrected chi connectivity index (χ4v) is 6.65. The molecule has 3 aromatic rings. The second kappa shape index (κ2) is 10.1. The van der Waals surface area contributed by atoms with Crippen molar-refractivity contribution in [3.05, 3.63) is 58.7 Å². The van der Waals surface area contributed by atoms with Gasteiger partial charge in [-0.2, -0.15) is 0 Å². The minimum Gasteiger partial charge on any atom is -0.481 e. The molecule has 5 rings (SSSR count). The number of amides is 2. The lowest BCUT2D eigenvalue weighted by Crippen LogP contribution is -2.54. The summed E-state index contributed by atoms with van der Waals surface area (Å²) in [6.07, 6.45) is 3.24. The molecule has 3 heterocycles. The SMILES string of the molecule is CC(C)C(NC(=O)Cc1csc2ccccc12)C(=O)N[C@H]1CCc2ccn3c2C1C(=O)C[C@H](C(=O)O)C3. The van der Waals surface area contributed by atoms with E-state index in [1.54, 1.807) is 11.3 Å². The van der Waals surface area contributed by atoms with Crippen LogP contribution >= 0.6 is 11.3 Å². The number of carbonyl (C=O) groups excluding carboxylic acids is 3. The maximum Gasteiger partial charge on any atom is 0.308 e. The van der Waals surface area contributed by atoms with Gasteiger partial charge in [-0.1, -0.05) is 32.0 Å². The number of hydrogen-bond donors (Lipinski definition) is 3. The number of thiophene rings is 1. The molecule has 2 aromatic heterocycles. The van der Waals surface area contributed by atoms with Crippen LogP contribution in [0.3, 0.4) is 0 Å². The number of rotatable bonds is 7. The number of carboxylic acid groups (broad SMARTS) is 1. The van der Waals surface area contributed by atoms with E-state index in [0.717, 1.165) is 26.9 Å². The van der Waals surface area contributed by atoms with Gasteiger partial charge >= 0.3 is 5.97 Å². The molecule has 4 atom stereocenters. The van der Waals surface area contributed by atoms with Crippen LogP contribution in [0.5, 0.6) is 0 Å². The van der Waals surface area contributed by atoms with Crippen LogP contribution in [0.4, 0.5) is 0 Å². The smallest absolute Gasteiger partial charge is 0.308 e. The average Bonchev–Trinajstić information content (AvgIpc) is 3.41. The van der Waals surface area contributed by atoms with Crippen LogP contribution in [-0.4, -0.2) is 45.3 Å². The van der Waals surface area contributed by atoms with Gasteiger partial charge in [-0.15, -0.1) is 11.3 Å². The van der Waals surface area contributed by atoms with Crippen molar-refractivity contribution in [2.45, 2.75) is 64.1 Å². The number of aromatic nitrogens is 1. The second-order valence-electron chi connectivity index (χ2n) is 10.4. The Hall–Kier alpha value is -3.46. The quantitative estimate of drug-likeness (QED) is 0.441. The Balaban J connectivity index is 1.31. The minimum absolute atomic E-state index is 0.0631. The first kappa shape index (κ1) is 25.2. The van der Waals surface area contributed by atoms with Crippen molar-refractivity contribution >= 4 is 45.0 Å². The number of carbonyl (C=O) groups is 4. The lowest BCUT2D eigenvalue weighted by atomic mass is 9.79. The highest BCUT2D eigenvalue weighted by Crippen LogP contribution is 2.38. The molecular formula is C28H31N3O5S. The standard InChI is InChI=1S/C28H31N3O5S/c1-15(2)25(30-23(33)12-18-14-37-22-6-4-3-5-19(18)22)27(34)29-20-8-7-16-9-10-31-13-17(28(35)36)11-21(32)24(20)26(16)31/h3-6,9-10,14-15,17,20,24-25H,7-8,11-13H2,1-2H3,(H,29,34)(H,30,33)(H,35,36)/t17-,20-,24?,25?/m0/s1. The zero-order chi connectivity index (χ0) is 26.3. The van der Waals surface area contributed by atoms with Crippen LogP contribution in [0, 0.1) is 11.8 Å². The van der Waals surface area contributed by atoms with E-state index in [0.29, 0.717) is 12.8 Å². The molecule has 1 aromatic carbocycles. The van der Waals surface area contributed by atoms with Gasteiger partial charge in [0.1, 0.15) is 11.8 Å². The molecule has 1 aliphatic carbocycles. The number of aliphatic carboxylic acids is 1. The number of fused-ring (bicyclic) bond motifs is 1. The van der Waals surface area contributed by atoms with E-state index in [-0.39, 0.29) is 42.9 Å². The fraction of sp³-hybridized carbons (Fsp3) is 0.429. The third kappa shape index (κ3) is 4.92. The third-order valence-corrected chi connectivity index (χ3v) is 8.59. The molecule has 0 bridgehead atoms. The maximum absolute atomic E-state index is 13.4. The summed E-state index contributed by atoms with van der Waals surface area (Å²) in [5.74, 6) is -3.24. The van der Waals surface area contributed by atoms with Gasteiger partial charge in [0.15, 0.2) is 0 Å². The van der Waals surface area contributed by atoms with Crippen LogP contribution in [0.2, 0.25) is 0 Å². The summed E-state index contributed by atoms with van der Waals surface area (Å²) >= 11 is 1.59. The van der Waals surface area contributed by atoms with Crippen molar-refractivity contribution in [3.8, 4) is 0 Å². The summed E-state index contributed by atoms with van der Waals surface area (Å²) in [6.45, 7) is 4.00. The third-order valence-electron chi connectivity index (χ3n) is 7.58. The van der Waals surface area contributed by atoms with Crippen LogP contribution in [0.1, 0.15) is 49.4 Å². The molecule has 3 N–H and O–H groups in total. The molecule has 37 heavy (non-hydrogen) atoms. The Labute approximate surface area is 219 Å². The van der Waals surface area contributed by atoms with Crippen molar-refractivity contribution < 1.29 is 24.3 Å². The monoisotopic (exact) mass is 521 g/mol. The van der Waals surface area contributed by atoms with Gasteiger partial charge in [0.2, 0.25) is 11.8 Å². The van der Waals surface area contributed by atoms with Gasteiger partial charge in [-0.3, -0.25) is 19.2 Å². The van der Waals surface area contributed by atoms with E-state index in [4.69, 9.17) is 0 Å². The Morgan fingerprint density at radius 1 is 1.19 bits per heavy atom. The summed E-state index contributed by atoms with van der Waals surface area (Å²) < 4.78 is 2.98. The number of ketones is 1. The lowest BCUT2D eigenvalue weighted by molar-refractivity contribution is -0.144. The highest BCUT2D eigenvalue weighted by Gasteiger charge is 2.42. The fourth-order valence-electron chi connectivity index (χ4n) is 5.69. The van der Waals surface area contributed by atoms with Gasteiger partial charge in [0.25, 0.3) is 0 Å². The van der Waals surface area contributed by atoms with Crippen LogP contribution < -0.4 is 10.6 Å². The zero-order valence-corrected chi connectivity index (χ0v) is 21.7. The summed E-state index contributed by atoms with van der Waals surface area (Å²) in [4.78, 5) is 51.4. The Kier molecular flexibility index (Phi) is 6.90. The maximum atomic E-state index is 13.4. The van der Waals surface area contributed by atoms with E-state index in [2.05, 4.69) is 10.6 Å². The van der Waals surface area contributed by atoms with Crippen LogP contribution in [-0.2, 0) is 38.6 Å². The van der Waals surface area contributed by atoms with Gasteiger partial charge in [-0.25, -0.2) is 0 Å². The van der Waals surface area contributed by atoms with Crippen LogP contribution in [0.25, 0.3) is 10.1 Å². The Morgan fingerprint density at radius 3 is 2.73 bits per heavy atom. The molecule has 1 aliphatic heterocycles. The summed E-state index contributed by atoms with van der Waals surface area (Å²) in [5, 5.41) is 18.6. The van der Waals surface area contributed by atoms with Crippen molar-refractivity contribution in [2.75, 3.05) is 0 Å². The predicted octanol–water partition coefficient (Wildman–Crippen LogP) is 3.27. The molecule has 194 valence electrons. The molecule has 0 fully saturated rings. The topological polar surface area (TPSA) is 118 Å². The summed E-state index contributed by atoms with van der Waals surface area (Å²) in [6, 6.07) is 8.67. The highest BCUT2D eigenvalue weighted by molar-refractivity contribution is 7.17. The van der Waals surface area contributed by atoms with E-state index >= 15 is 0 Å². The van der Waals surface area contributed by atoms with E-state index < -0.39 is 29.9 Å². The number of hydrogen-bond acceptors (Lipinski definition) is 5. The highest BCUT2D eigenvalue weighted by atomic mass is 32.1. The number of nitrogens with zero attached hydrogens (tertiary/aromatic N) is 1. The Morgan fingerprint density at radius 2 is 1.97 bits per heavy atom. The molecule has 0 saturated heterocycles.